The molecule has 0 bridgehead atoms. The third-order valence-corrected chi connectivity index (χ3v) is 3.44. The fourth-order valence-electron chi connectivity index (χ4n) is 2.37. The van der Waals surface area contributed by atoms with E-state index < -0.39 is 11.6 Å². The van der Waals surface area contributed by atoms with Gasteiger partial charge in [-0.15, -0.1) is 6.58 Å². The number of hydrogen-bond acceptors (Lipinski definition) is 1. The molecule has 1 N–H and O–H groups in total. The van der Waals surface area contributed by atoms with Crippen LogP contribution in [-0.4, -0.2) is 12.6 Å². The summed E-state index contributed by atoms with van der Waals surface area (Å²) in [6, 6.07) is 4.09. The standard InChI is InChI=1S/C17H25F2N/c1-3-5-6-7-8-9-16(20-4-2)12-14-10-11-15(18)13-17(14)19/h3,10-11,13,16,20H,1,4-9,12H2,2H3. The highest BCUT2D eigenvalue weighted by Gasteiger charge is 2.11. The molecular formula is C17H25F2N. The van der Waals surface area contributed by atoms with Gasteiger partial charge in [-0.1, -0.05) is 31.9 Å². The van der Waals surface area contributed by atoms with Gasteiger partial charge in [0.05, 0.1) is 0 Å². The summed E-state index contributed by atoms with van der Waals surface area (Å²) in [6.07, 6.45) is 8.07. The molecule has 0 aliphatic rings. The summed E-state index contributed by atoms with van der Waals surface area (Å²) < 4.78 is 26.6. The third kappa shape index (κ3) is 6.29. The number of nitrogens with one attached hydrogen (secondary N) is 1. The van der Waals surface area contributed by atoms with Gasteiger partial charge in [-0.2, -0.15) is 0 Å². The van der Waals surface area contributed by atoms with Crippen LogP contribution in [0.15, 0.2) is 30.9 Å². The molecule has 3 heteroatoms. The average molecular weight is 281 g/mol. The first kappa shape index (κ1) is 16.8. The van der Waals surface area contributed by atoms with E-state index >= 15 is 0 Å². The fourth-order valence-corrected chi connectivity index (χ4v) is 2.37. The minimum absolute atomic E-state index is 0.253. The predicted octanol–water partition coefficient (Wildman–Crippen LogP) is 4.62. The molecule has 1 unspecified atom stereocenters. The number of unbranched alkanes of at least 4 members (excludes halogenated alkanes) is 3. The molecule has 0 fully saturated rings. The Balaban J connectivity index is 2.46. The fraction of sp³-hybridized carbons (Fsp3) is 0.529. The van der Waals surface area contributed by atoms with Gasteiger partial charge in [-0.25, -0.2) is 8.78 Å². The summed E-state index contributed by atoms with van der Waals surface area (Å²) in [5, 5.41) is 3.38. The Hall–Kier alpha value is -1.22. The highest BCUT2D eigenvalue weighted by atomic mass is 19.1. The molecule has 1 aromatic rings. The van der Waals surface area contributed by atoms with Crippen molar-refractivity contribution in [2.75, 3.05) is 6.54 Å². The molecule has 1 aromatic carbocycles. The number of halogens is 2. The van der Waals surface area contributed by atoms with Crippen LogP contribution < -0.4 is 5.32 Å². The molecule has 0 aromatic heterocycles. The topological polar surface area (TPSA) is 12.0 Å². The van der Waals surface area contributed by atoms with Gasteiger partial charge in [0.2, 0.25) is 0 Å². The lowest BCUT2D eigenvalue weighted by Gasteiger charge is -2.18. The lowest BCUT2D eigenvalue weighted by Crippen LogP contribution is -2.31. The lowest BCUT2D eigenvalue weighted by molar-refractivity contribution is 0.455. The zero-order valence-electron chi connectivity index (χ0n) is 12.3. The Morgan fingerprint density at radius 2 is 2.05 bits per heavy atom. The van der Waals surface area contributed by atoms with Crippen LogP contribution in [0.2, 0.25) is 0 Å². The highest BCUT2D eigenvalue weighted by molar-refractivity contribution is 5.19. The molecule has 0 saturated heterocycles. The quantitative estimate of drug-likeness (QED) is 0.487. The Kier molecular flexibility index (Phi) is 8.12. The molecule has 112 valence electrons. The molecule has 0 heterocycles. The number of hydrogen-bond donors (Lipinski definition) is 1. The van der Waals surface area contributed by atoms with Crippen molar-refractivity contribution in [2.45, 2.75) is 51.5 Å². The second kappa shape index (κ2) is 9.65. The number of allylic oxidation sites excluding steroid dienone is 1. The van der Waals surface area contributed by atoms with Crippen LogP contribution in [0, 0.1) is 11.6 Å². The van der Waals surface area contributed by atoms with E-state index in [2.05, 4.69) is 11.9 Å². The summed E-state index contributed by atoms with van der Waals surface area (Å²) in [4.78, 5) is 0. The van der Waals surface area contributed by atoms with E-state index in [0.29, 0.717) is 12.0 Å². The average Bonchev–Trinajstić information content (AvgIpc) is 2.41. The van der Waals surface area contributed by atoms with Crippen LogP contribution in [0.25, 0.3) is 0 Å². The largest absolute Gasteiger partial charge is 0.314 e. The zero-order valence-corrected chi connectivity index (χ0v) is 12.3. The zero-order chi connectivity index (χ0) is 14.8. The van der Waals surface area contributed by atoms with Crippen molar-refractivity contribution in [3.8, 4) is 0 Å². The maximum Gasteiger partial charge on any atom is 0.129 e. The molecule has 0 saturated carbocycles. The smallest absolute Gasteiger partial charge is 0.129 e. The molecule has 1 atom stereocenters. The molecule has 0 radical (unpaired) electrons. The highest BCUT2D eigenvalue weighted by Crippen LogP contribution is 2.15. The normalized spacial score (nSPS) is 12.3. The van der Waals surface area contributed by atoms with E-state index in [1.54, 1.807) is 6.07 Å². The molecule has 0 aliphatic carbocycles. The van der Waals surface area contributed by atoms with Crippen molar-refractivity contribution in [3.63, 3.8) is 0 Å². The molecule has 0 spiro atoms. The van der Waals surface area contributed by atoms with Crippen LogP contribution >= 0.6 is 0 Å². The Bertz CT molecular complexity index is 404. The van der Waals surface area contributed by atoms with Crippen LogP contribution in [0.1, 0.15) is 44.6 Å². The van der Waals surface area contributed by atoms with Crippen LogP contribution in [0.4, 0.5) is 8.78 Å². The second-order valence-electron chi connectivity index (χ2n) is 5.12. The van der Waals surface area contributed by atoms with E-state index in [-0.39, 0.29) is 6.04 Å². The Labute approximate surface area is 121 Å². The second-order valence-corrected chi connectivity index (χ2v) is 5.12. The summed E-state index contributed by atoms with van der Waals surface area (Å²) in [5.74, 6) is -0.963. The Morgan fingerprint density at radius 3 is 2.70 bits per heavy atom. The monoisotopic (exact) mass is 281 g/mol. The van der Waals surface area contributed by atoms with Crippen LogP contribution in [0.5, 0.6) is 0 Å². The Morgan fingerprint density at radius 1 is 1.25 bits per heavy atom. The molecular weight excluding hydrogens is 256 g/mol. The summed E-state index contributed by atoms with van der Waals surface area (Å²) in [5.41, 5.74) is 0.587. The van der Waals surface area contributed by atoms with Gasteiger partial charge in [0.25, 0.3) is 0 Å². The molecule has 0 amide bonds. The molecule has 20 heavy (non-hydrogen) atoms. The van der Waals surface area contributed by atoms with Crippen molar-refractivity contribution < 1.29 is 8.78 Å². The van der Waals surface area contributed by atoms with Gasteiger partial charge in [0.15, 0.2) is 0 Å². The van der Waals surface area contributed by atoms with Crippen LogP contribution in [-0.2, 0) is 6.42 Å². The van der Waals surface area contributed by atoms with Gasteiger partial charge in [-0.3, -0.25) is 0 Å². The summed E-state index contributed by atoms with van der Waals surface area (Å²) >= 11 is 0. The maximum absolute atomic E-state index is 13.7. The minimum Gasteiger partial charge on any atom is -0.314 e. The van der Waals surface area contributed by atoms with Crippen LogP contribution in [0.3, 0.4) is 0 Å². The van der Waals surface area contributed by atoms with E-state index in [9.17, 15) is 8.78 Å². The van der Waals surface area contributed by atoms with E-state index in [1.165, 1.54) is 12.5 Å². The minimum atomic E-state index is -0.518. The summed E-state index contributed by atoms with van der Waals surface area (Å²) in [7, 11) is 0. The predicted molar refractivity (Wildman–Crippen MR) is 80.8 cm³/mol. The first-order valence-electron chi connectivity index (χ1n) is 7.45. The third-order valence-electron chi connectivity index (χ3n) is 3.44. The van der Waals surface area contributed by atoms with Crippen molar-refractivity contribution in [3.05, 3.63) is 48.1 Å². The molecule has 1 rings (SSSR count). The van der Waals surface area contributed by atoms with Crippen molar-refractivity contribution in [1.82, 2.24) is 5.32 Å². The van der Waals surface area contributed by atoms with E-state index in [1.807, 2.05) is 13.0 Å². The van der Waals surface area contributed by atoms with E-state index in [0.717, 1.165) is 38.3 Å². The number of likely N-dealkylation sites (N-methyl/N-ethyl adjacent to an activating group) is 1. The van der Waals surface area contributed by atoms with Gasteiger partial charge in [0, 0.05) is 12.1 Å². The maximum atomic E-state index is 13.7. The first-order valence-corrected chi connectivity index (χ1v) is 7.45. The van der Waals surface area contributed by atoms with Gasteiger partial charge >= 0.3 is 0 Å². The van der Waals surface area contributed by atoms with Gasteiger partial charge in [0.1, 0.15) is 11.6 Å². The molecule has 0 aliphatic heterocycles. The number of benzene rings is 1. The lowest BCUT2D eigenvalue weighted by atomic mass is 9.99. The number of rotatable bonds is 10. The van der Waals surface area contributed by atoms with Crippen molar-refractivity contribution in [1.29, 1.82) is 0 Å². The SMILES string of the molecule is C=CCCCCCC(Cc1ccc(F)cc1F)NCC. The van der Waals surface area contributed by atoms with Gasteiger partial charge < -0.3 is 5.32 Å². The van der Waals surface area contributed by atoms with Crippen molar-refractivity contribution >= 4 is 0 Å². The molecule has 1 nitrogen and oxygen atoms in total. The first-order chi connectivity index (χ1) is 9.67. The summed E-state index contributed by atoms with van der Waals surface area (Å²) in [6.45, 7) is 6.62. The van der Waals surface area contributed by atoms with Crippen molar-refractivity contribution in [2.24, 2.45) is 0 Å². The van der Waals surface area contributed by atoms with E-state index in [4.69, 9.17) is 0 Å². The van der Waals surface area contributed by atoms with Gasteiger partial charge in [-0.05, 0) is 43.9 Å².